The number of nitrogens with zero attached hydrogens (tertiary/aromatic N) is 1. The Morgan fingerprint density at radius 2 is 2.00 bits per heavy atom. The molecule has 2 rings (SSSR count). The number of nitrogens with two attached hydrogens (primary N) is 2. The minimum Gasteiger partial charge on any atom is -0.397 e. The van der Waals surface area contributed by atoms with Crippen LogP contribution in [0.2, 0.25) is 5.02 Å². The van der Waals surface area contributed by atoms with Crippen LogP contribution in [-0.4, -0.2) is 10.9 Å². The average Bonchev–Trinajstić information content (AvgIpc) is 2.39. The van der Waals surface area contributed by atoms with E-state index in [4.69, 9.17) is 23.1 Å². The van der Waals surface area contributed by atoms with Crippen molar-refractivity contribution in [2.75, 3.05) is 5.73 Å². The number of hydrogen-bond donors (Lipinski definition) is 2. The smallest absolute Gasteiger partial charge is 0.267 e. The first-order chi connectivity index (χ1) is 9.08. The predicted molar refractivity (Wildman–Crippen MR) is 78.2 cm³/mol. The summed E-state index contributed by atoms with van der Waals surface area (Å²) in [5.74, 6) is 0.0543. The Kier molecular flexibility index (Phi) is 4.29. The number of benzene rings is 1. The van der Waals surface area contributed by atoms with Crippen LogP contribution in [0.4, 0.5) is 5.69 Å². The monoisotopic (exact) mass is 293 g/mol. The van der Waals surface area contributed by atoms with E-state index in [9.17, 15) is 4.79 Å². The number of rotatable bonds is 4. The molecule has 0 aliphatic heterocycles. The van der Waals surface area contributed by atoms with Crippen LogP contribution < -0.4 is 11.5 Å². The maximum atomic E-state index is 11.1. The molecule has 0 saturated carbocycles. The standard InChI is InChI=1S/C13H12ClN3OS/c14-9-4-2-1-3-8(9)7-19-13-10(15)5-6-11(17-13)12(16)18/h1-6H,7,15H2,(H2,16,18). The van der Waals surface area contributed by atoms with Crippen molar-refractivity contribution in [3.8, 4) is 0 Å². The molecule has 0 spiro atoms. The van der Waals surface area contributed by atoms with Gasteiger partial charge in [0.1, 0.15) is 10.7 Å². The Hall–Kier alpha value is -1.72. The van der Waals surface area contributed by atoms with Crippen LogP contribution in [0.5, 0.6) is 0 Å². The third-order valence-electron chi connectivity index (χ3n) is 2.46. The highest BCUT2D eigenvalue weighted by atomic mass is 35.5. The van der Waals surface area contributed by atoms with Gasteiger partial charge in [0.2, 0.25) is 0 Å². The van der Waals surface area contributed by atoms with Crippen LogP contribution in [0.3, 0.4) is 0 Å². The predicted octanol–water partition coefficient (Wildman–Crippen LogP) is 2.71. The molecule has 0 fully saturated rings. The summed E-state index contributed by atoms with van der Waals surface area (Å²) in [7, 11) is 0. The van der Waals surface area contributed by atoms with Gasteiger partial charge in [-0.05, 0) is 23.8 Å². The van der Waals surface area contributed by atoms with E-state index < -0.39 is 5.91 Å². The van der Waals surface area contributed by atoms with Gasteiger partial charge >= 0.3 is 0 Å². The Bertz CT molecular complexity index is 619. The van der Waals surface area contributed by atoms with Gasteiger partial charge in [-0.2, -0.15) is 0 Å². The van der Waals surface area contributed by atoms with Crippen LogP contribution >= 0.6 is 23.4 Å². The van der Waals surface area contributed by atoms with Gasteiger partial charge in [-0.25, -0.2) is 4.98 Å². The van der Waals surface area contributed by atoms with Gasteiger partial charge in [0.25, 0.3) is 5.91 Å². The molecule has 1 heterocycles. The van der Waals surface area contributed by atoms with Crippen molar-refractivity contribution < 1.29 is 4.79 Å². The minimum atomic E-state index is -0.570. The number of aromatic nitrogens is 1. The molecule has 4 N–H and O–H groups in total. The topological polar surface area (TPSA) is 82.0 Å². The van der Waals surface area contributed by atoms with Crippen molar-refractivity contribution in [1.82, 2.24) is 4.98 Å². The number of hydrogen-bond acceptors (Lipinski definition) is 4. The van der Waals surface area contributed by atoms with E-state index >= 15 is 0 Å². The third kappa shape index (κ3) is 3.39. The maximum Gasteiger partial charge on any atom is 0.267 e. The molecule has 0 saturated heterocycles. The third-order valence-corrected chi connectivity index (χ3v) is 3.89. The van der Waals surface area contributed by atoms with Gasteiger partial charge in [0.05, 0.1) is 5.69 Å². The quantitative estimate of drug-likeness (QED) is 0.849. The number of nitrogen functional groups attached to an aromatic ring is 1. The highest BCUT2D eigenvalue weighted by molar-refractivity contribution is 7.98. The molecule has 1 aromatic heterocycles. The summed E-state index contributed by atoms with van der Waals surface area (Å²) in [6.45, 7) is 0. The summed E-state index contributed by atoms with van der Waals surface area (Å²) in [6, 6.07) is 10.7. The number of thioether (sulfide) groups is 1. The largest absolute Gasteiger partial charge is 0.397 e. The lowest BCUT2D eigenvalue weighted by atomic mass is 10.2. The number of anilines is 1. The second-order valence-corrected chi connectivity index (χ2v) is 5.21. The average molecular weight is 294 g/mol. The van der Waals surface area contributed by atoms with Crippen molar-refractivity contribution in [2.45, 2.75) is 10.8 Å². The van der Waals surface area contributed by atoms with Crippen molar-refractivity contribution in [2.24, 2.45) is 5.73 Å². The first-order valence-corrected chi connectivity index (χ1v) is 6.87. The molecule has 6 heteroatoms. The molecule has 1 aromatic carbocycles. The molecule has 2 aromatic rings. The first-order valence-electron chi connectivity index (χ1n) is 5.50. The SMILES string of the molecule is NC(=O)c1ccc(N)c(SCc2ccccc2Cl)n1. The zero-order valence-corrected chi connectivity index (χ0v) is 11.5. The van der Waals surface area contributed by atoms with E-state index in [-0.39, 0.29) is 5.69 Å². The molecular weight excluding hydrogens is 282 g/mol. The first kappa shape index (κ1) is 13.7. The fourth-order valence-electron chi connectivity index (χ4n) is 1.47. The maximum absolute atomic E-state index is 11.1. The molecule has 0 bridgehead atoms. The van der Waals surface area contributed by atoms with E-state index in [0.717, 1.165) is 5.56 Å². The highest BCUT2D eigenvalue weighted by Gasteiger charge is 2.09. The van der Waals surface area contributed by atoms with Gasteiger partial charge in [-0.3, -0.25) is 4.79 Å². The van der Waals surface area contributed by atoms with Crippen LogP contribution in [0, 0.1) is 0 Å². The second kappa shape index (κ2) is 5.95. The van der Waals surface area contributed by atoms with E-state index in [1.54, 1.807) is 6.07 Å². The molecule has 19 heavy (non-hydrogen) atoms. The number of carbonyl (C=O) groups excluding carboxylic acids is 1. The summed E-state index contributed by atoms with van der Waals surface area (Å²) in [6.07, 6.45) is 0. The molecule has 0 radical (unpaired) electrons. The lowest BCUT2D eigenvalue weighted by Crippen LogP contribution is -2.13. The highest BCUT2D eigenvalue weighted by Crippen LogP contribution is 2.28. The lowest BCUT2D eigenvalue weighted by Gasteiger charge is -2.07. The fourth-order valence-corrected chi connectivity index (χ4v) is 2.69. The Morgan fingerprint density at radius 3 is 2.68 bits per heavy atom. The van der Waals surface area contributed by atoms with Gasteiger partial charge in [0, 0.05) is 10.8 Å². The fraction of sp³-hybridized carbons (Fsp3) is 0.0769. The Morgan fingerprint density at radius 1 is 1.26 bits per heavy atom. The van der Waals surface area contributed by atoms with E-state index in [1.165, 1.54) is 17.8 Å². The molecule has 98 valence electrons. The molecular formula is C13H12ClN3OS. The molecule has 0 aliphatic rings. The summed E-state index contributed by atoms with van der Waals surface area (Å²) in [5.41, 5.74) is 12.7. The van der Waals surface area contributed by atoms with Gasteiger partial charge in [0.15, 0.2) is 0 Å². The van der Waals surface area contributed by atoms with E-state index in [0.29, 0.717) is 21.5 Å². The van der Waals surface area contributed by atoms with Gasteiger partial charge < -0.3 is 11.5 Å². The zero-order valence-electron chi connectivity index (χ0n) is 9.97. The normalized spacial score (nSPS) is 10.4. The summed E-state index contributed by atoms with van der Waals surface area (Å²) in [5, 5.41) is 1.27. The van der Waals surface area contributed by atoms with Crippen LogP contribution in [0.25, 0.3) is 0 Å². The minimum absolute atomic E-state index is 0.204. The van der Waals surface area contributed by atoms with Crippen molar-refractivity contribution in [1.29, 1.82) is 0 Å². The molecule has 0 atom stereocenters. The van der Waals surface area contributed by atoms with Gasteiger partial charge in [-0.15, -0.1) is 0 Å². The van der Waals surface area contributed by atoms with Crippen molar-refractivity contribution >= 4 is 35.0 Å². The van der Waals surface area contributed by atoms with E-state index in [1.807, 2.05) is 24.3 Å². The van der Waals surface area contributed by atoms with Crippen molar-refractivity contribution in [3.63, 3.8) is 0 Å². The number of amides is 1. The summed E-state index contributed by atoms with van der Waals surface area (Å²) >= 11 is 7.49. The molecule has 0 unspecified atom stereocenters. The Balaban J connectivity index is 2.17. The number of pyridine rings is 1. The number of carbonyl (C=O) groups is 1. The van der Waals surface area contributed by atoms with Crippen LogP contribution in [-0.2, 0) is 5.75 Å². The van der Waals surface area contributed by atoms with E-state index in [2.05, 4.69) is 4.98 Å². The molecule has 4 nitrogen and oxygen atoms in total. The number of halogens is 1. The lowest BCUT2D eigenvalue weighted by molar-refractivity contribution is 0.0995. The van der Waals surface area contributed by atoms with Crippen LogP contribution in [0.15, 0.2) is 41.4 Å². The summed E-state index contributed by atoms with van der Waals surface area (Å²) < 4.78 is 0. The van der Waals surface area contributed by atoms with Crippen molar-refractivity contribution in [3.05, 3.63) is 52.7 Å². The summed E-state index contributed by atoms with van der Waals surface area (Å²) in [4.78, 5) is 15.2. The number of primary amides is 1. The Labute approximate surface area is 120 Å². The van der Waals surface area contributed by atoms with Gasteiger partial charge in [-0.1, -0.05) is 41.6 Å². The van der Waals surface area contributed by atoms with Crippen LogP contribution in [0.1, 0.15) is 16.1 Å². The zero-order chi connectivity index (χ0) is 13.8. The molecule has 1 amide bonds. The molecule has 0 aliphatic carbocycles. The second-order valence-electron chi connectivity index (χ2n) is 3.84.